The fourth-order valence-electron chi connectivity index (χ4n) is 2.76. The zero-order valence-corrected chi connectivity index (χ0v) is 9.99. The summed E-state index contributed by atoms with van der Waals surface area (Å²) in [5.41, 5.74) is 5.66. The quantitative estimate of drug-likeness (QED) is 0.702. The second-order valence-corrected chi connectivity index (χ2v) is 4.54. The number of aliphatic hydroxyl groups excluding tert-OH is 1. The number of piperidine rings is 1. The molecule has 2 unspecified atom stereocenters. The van der Waals surface area contributed by atoms with Gasteiger partial charge in [0.1, 0.15) is 0 Å². The standard InChI is InChI=1S/C12H26N2O/c1-2-11(6-8-13)14-9-4-3-5-12(14)7-10-15/h11-12,15H,2-10,13H2,1H3. The van der Waals surface area contributed by atoms with Gasteiger partial charge in [-0.25, -0.2) is 0 Å². The van der Waals surface area contributed by atoms with Crippen LogP contribution < -0.4 is 5.73 Å². The maximum Gasteiger partial charge on any atom is 0.0445 e. The van der Waals surface area contributed by atoms with Crippen molar-refractivity contribution in [2.45, 2.75) is 57.5 Å². The Morgan fingerprint density at radius 2 is 2.27 bits per heavy atom. The summed E-state index contributed by atoms with van der Waals surface area (Å²) >= 11 is 0. The van der Waals surface area contributed by atoms with Gasteiger partial charge in [-0.05, 0) is 45.2 Å². The first-order chi connectivity index (χ1) is 7.33. The molecule has 0 saturated carbocycles. The van der Waals surface area contributed by atoms with Gasteiger partial charge in [-0.15, -0.1) is 0 Å². The molecular weight excluding hydrogens is 188 g/mol. The number of hydrogen-bond donors (Lipinski definition) is 2. The Labute approximate surface area is 93.6 Å². The van der Waals surface area contributed by atoms with Crippen molar-refractivity contribution in [3.8, 4) is 0 Å². The molecule has 0 aromatic heterocycles. The second kappa shape index (κ2) is 7.20. The summed E-state index contributed by atoms with van der Waals surface area (Å²) in [6.07, 6.45) is 7.09. The molecule has 0 aromatic carbocycles. The highest BCUT2D eigenvalue weighted by molar-refractivity contribution is 4.82. The topological polar surface area (TPSA) is 49.5 Å². The van der Waals surface area contributed by atoms with Crippen molar-refractivity contribution in [2.24, 2.45) is 5.73 Å². The van der Waals surface area contributed by atoms with Gasteiger partial charge in [0.25, 0.3) is 0 Å². The average Bonchev–Trinajstić information content (AvgIpc) is 2.27. The molecule has 90 valence electrons. The third-order valence-electron chi connectivity index (χ3n) is 3.58. The van der Waals surface area contributed by atoms with Gasteiger partial charge in [0.15, 0.2) is 0 Å². The maximum absolute atomic E-state index is 9.07. The van der Waals surface area contributed by atoms with E-state index in [2.05, 4.69) is 11.8 Å². The Balaban J connectivity index is 2.52. The monoisotopic (exact) mass is 214 g/mol. The first-order valence-corrected chi connectivity index (χ1v) is 6.40. The predicted molar refractivity (Wildman–Crippen MR) is 63.8 cm³/mol. The highest BCUT2D eigenvalue weighted by atomic mass is 16.3. The van der Waals surface area contributed by atoms with E-state index in [4.69, 9.17) is 10.8 Å². The number of likely N-dealkylation sites (tertiary alicyclic amines) is 1. The molecule has 3 N–H and O–H groups in total. The molecule has 3 heteroatoms. The molecule has 2 atom stereocenters. The molecule has 0 aromatic rings. The van der Waals surface area contributed by atoms with Crippen LogP contribution in [-0.4, -0.2) is 41.8 Å². The summed E-state index contributed by atoms with van der Waals surface area (Å²) in [5.74, 6) is 0. The van der Waals surface area contributed by atoms with E-state index in [-0.39, 0.29) is 0 Å². The summed E-state index contributed by atoms with van der Waals surface area (Å²) in [5, 5.41) is 9.07. The average molecular weight is 214 g/mol. The van der Waals surface area contributed by atoms with Crippen LogP contribution in [0.3, 0.4) is 0 Å². The van der Waals surface area contributed by atoms with Crippen LogP contribution in [0, 0.1) is 0 Å². The lowest BCUT2D eigenvalue weighted by atomic mass is 9.95. The van der Waals surface area contributed by atoms with Crippen molar-refractivity contribution in [2.75, 3.05) is 19.7 Å². The Bertz CT molecular complexity index is 153. The van der Waals surface area contributed by atoms with E-state index in [0.29, 0.717) is 18.7 Å². The van der Waals surface area contributed by atoms with Crippen molar-refractivity contribution in [3.05, 3.63) is 0 Å². The zero-order chi connectivity index (χ0) is 11.1. The van der Waals surface area contributed by atoms with Gasteiger partial charge < -0.3 is 10.8 Å². The Morgan fingerprint density at radius 3 is 2.87 bits per heavy atom. The minimum atomic E-state index is 0.320. The van der Waals surface area contributed by atoms with Crippen molar-refractivity contribution in [3.63, 3.8) is 0 Å². The lowest BCUT2D eigenvalue weighted by Crippen LogP contribution is -2.47. The predicted octanol–water partition coefficient (Wildman–Crippen LogP) is 1.35. The molecule has 1 rings (SSSR count). The van der Waals surface area contributed by atoms with E-state index >= 15 is 0 Å². The first-order valence-electron chi connectivity index (χ1n) is 6.40. The van der Waals surface area contributed by atoms with Crippen LogP contribution in [0.15, 0.2) is 0 Å². The van der Waals surface area contributed by atoms with Crippen LogP contribution >= 0.6 is 0 Å². The van der Waals surface area contributed by atoms with Crippen molar-refractivity contribution in [1.29, 1.82) is 0 Å². The molecule has 1 heterocycles. The lowest BCUT2D eigenvalue weighted by Gasteiger charge is -2.41. The van der Waals surface area contributed by atoms with E-state index in [1.54, 1.807) is 0 Å². The Hall–Kier alpha value is -0.120. The summed E-state index contributed by atoms with van der Waals surface area (Å²) < 4.78 is 0. The van der Waals surface area contributed by atoms with Gasteiger partial charge in [0, 0.05) is 18.7 Å². The number of nitrogens with two attached hydrogens (primary N) is 1. The third kappa shape index (κ3) is 3.74. The van der Waals surface area contributed by atoms with Gasteiger partial charge >= 0.3 is 0 Å². The smallest absolute Gasteiger partial charge is 0.0445 e. The highest BCUT2D eigenvalue weighted by Crippen LogP contribution is 2.24. The van der Waals surface area contributed by atoms with Gasteiger partial charge in [0.2, 0.25) is 0 Å². The zero-order valence-electron chi connectivity index (χ0n) is 9.99. The van der Waals surface area contributed by atoms with Crippen molar-refractivity contribution >= 4 is 0 Å². The van der Waals surface area contributed by atoms with E-state index in [1.165, 1.54) is 32.2 Å². The number of aliphatic hydroxyl groups is 1. The number of hydrogen-bond acceptors (Lipinski definition) is 3. The molecule has 0 radical (unpaired) electrons. The Morgan fingerprint density at radius 1 is 1.47 bits per heavy atom. The fourth-order valence-corrected chi connectivity index (χ4v) is 2.76. The van der Waals surface area contributed by atoms with E-state index < -0.39 is 0 Å². The van der Waals surface area contributed by atoms with Crippen molar-refractivity contribution < 1.29 is 5.11 Å². The van der Waals surface area contributed by atoms with Crippen LogP contribution in [0.25, 0.3) is 0 Å². The molecule has 1 aliphatic heterocycles. The molecule has 0 amide bonds. The minimum absolute atomic E-state index is 0.320. The van der Waals surface area contributed by atoms with Crippen LogP contribution in [0.5, 0.6) is 0 Å². The van der Waals surface area contributed by atoms with Crippen LogP contribution in [-0.2, 0) is 0 Å². The van der Waals surface area contributed by atoms with Crippen molar-refractivity contribution in [1.82, 2.24) is 4.90 Å². The normalized spacial score (nSPS) is 25.4. The Kier molecular flexibility index (Phi) is 6.22. The van der Waals surface area contributed by atoms with E-state index in [1.807, 2.05) is 0 Å². The van der Waals surface area contributed by atoms with Crippen LogP contribution in [0.1, 0.15) is 45.4 Å². The lowest BCUT2D eigenvalue weighted by molar-refractivity contribution is 0.0704. The van der Waals surface area contributed by atoms with E-state index in [9.17, 15) is 0 Å². The molecular formula is C12H26N2O. The number of nitrogens with zero attached hydrogens (tertiary/aromatic N) is 1. The maximum atomic E-state index is 9.07. The minimum Gasteiger partial charge on any atom is -0.396 e. The molecule has 0 aliphatic carbocycles. The van der Waals surface area contributed by atoms with E-state index in [0.717, 1.165) is 19.4 Å². The molecule has 1 fully saturated rings. The largest absolute Gasteiger partial charge is 0.396 e. The van der Waals surface area contributed by atoms with Crippen LogP contribution in [0.2, 0.25) is 0 Å². The van der Waals surface area contributed by atoms with Gasteiger partial charge in [-0.3, -0.25) is 4.90 Å². The second-order valence-electron chi connectivity index (χ2n) is 4.54. The van der Waals surface area contributed by atoms with Crippen LogP contribution in [0.4, 0.5) is 0 Å². The molecule has 3 nitrogen and oxygen atoms in total. The molecule has 0 spiro atoms. The summed E-state index contributed by atoms with van der Waals surface area (Å²) in [6.45, 7) is 4.54. The fraction of sp³-hybridized carbons (Fsp3) is 1.00. The third-order valence-corrected chi connectivity index (χ3v) is 3.58. The number of rotatable bonds is 6. The molecule has 0 bridgehead atoms. The van der Waals surface area contributed by atoms with Gasteiger partial charge in [0.05, 0.1) is 0 Å². The summed E-state index contributed by atoms with van der Waals surface area (Å²) in [6, 6.07) is 1.23. The molecule has 1 aliphatic rings. The summed E-state index contributed by atoms with van der Waals surface area (Å²) in [4.78, 5) is 2.59. The highest BCUT2D eigenvalue weighted by Gasteiger charge is 2.26. The molecule has 1 saturated heterocycles. The summed E-state index contributed by atoms with van der Waals surface area (Å²) in [7, 11) is 0. The SMILES string of the molecule is CCC(CCN)N1CCCCC1CCO. The van der Waals surface area contributed by atoms with Gasteiger partial charge in [-0.2, -0.15) is 0 Å². The molecule has 15 heavy (non-hydrogen) atoms. The first kappa shape index (κ1) is 12.9. The van der Waals surface area contributed by atoms with Gasteiger partial charge in [-0.1, -0.05) is 13.3 Å².